The second kappa shape index (κ2) is 3.81. The van der Waals surface area contributed by atoms with Gasteiger partial charge in [-0.15, -0.1) is 0 Å². The molecule has 0 saturated carbocycles. The highest BCUT2D eigenvalue weighted by molar-refractivity contribution is 5.60. The maximum Gasteiger partial charge on any atom is 0.133 e. The summed E-state index contributed by atoms with van der Waals surface area (Å²) in [7, 11) is 0. The molecule has 0 amide bonds. The fourth-order valence-electron chi connectivity index (χ4n) is 1.27. The number of hydrogen-bond acceptors (Lipinski definition) is 3. The predicted octanol–water partition coefficient (Wildman–Crippen LogP) is 2.33. The molecular formula is C12H8N2O. The number of nitrogens with zero attached hydrogens (tertiary/aromatic N) is 2. The van der Waals surface area contributed by atoms with E-state index in [-0.39, 0.29) is 5.75 Å². The number of nitriles is 1. The van der Waals surface area contributed by atoms with Crippen LogP contribution >= 0.6 is 0 Å². The molecule has 2 aromatic rings. The summed E-state index contributed by atoms with van der Waals surface area (Å²) in [4.78, 5) is 4.07. The van der Waals surface area contributed by atoms with E-state index in [1.165, 1.54) is 6.20 Å². The first-order chi connectivity index (χ1) is 7.29. The zero-order valence-electron chi connectivity index (χ0n) is 7.88. The van der Waals surface area contributed by atoms with Gasteiger partial charge in [0.05, 0.1) is 23.5 Å². The van der Waals surface area contributed by atoms with E-state index >= 15 is 0 Å². The summed E-state index contributed by atoms with van der Waals surface area (Å²) in [6.07, 6.45) is 1.40. The first kappa shape index (κ1) is 9.22. The van der Waals surface area contributed by atoms with Crippen LogP contribution in [0.25, 0.3) is 11.3 Å². The first-order valence-corrected chi connectivity index (χ1v) is 4.45. The summed E-state index contributed by atoms with van der Waals surface area (Å²) < 4.78 is 0. The summed E-state index contributed by atoms with van der Waals surface area (Å²) in [6, 6.07) is 12.5. The largest absolute Gasteiger partial charge is 0.506 e. The quantitative estimate of drug-likeness (QED) is 0.761. The Balaban J connectivity index is 2.38. The highest BCUT2D eigenvalue weighted by Crippen LogP contribution is 2.18. The SMILES string of the molecule is N#Cc1ccc(-c2ccc(O)cn2)cc1. The number of benzene rings is 1. The van der Waals surface area contributed by atoms with Crippen molar-refractivity contribution in [3.8, 4) is 23.1 Å². The normalized spacial score (nSPS) is 9.53. The molecule has 1 aromatic carbocycles. The van der Waals surface area contributed by atoms with Crippen LogP contribution < -0.4 is 0 Å². The Morgan fingerprint density at radius 3 is 2.33 bits per heavy atom. The summed E-state index contributed by atoms with van der Waals surface area (Å²) in [5.74, 6) is 0.146. The van der Waals surface area contributed by atoms with Gasteiger partial charge in [-0.2, -0.15) is 5.26 Å². The molecule has 3 nitrogen and oxygen atoms in total. The minimum absolute atomic E-state index is 0.146. The molecule has 0 unspecified atom stereocenters. The molecule has 3 heteroatoms. The third-order valence-electron chi connectivity index (χ3n) is 2.06. The van der Waals surface area contributed by atoms with Gasteiger partial charge in [0.1, 0.15) is 5.75 Å². The molecule has 0 bridgehead atoms. The minimum Gasteiger partial charge on any atom is -0.506 e. The highest BCUT2D eigenvalue weighted by Gasteiger charge is 1.98. The van der Waals surface area contributed by atoms with Crippen LogP contribution in [0.4, 0.5) is 0 Å². The van der Waals surface area contributed by atoms with Gasteiger partial charge in [-0.1, -0.05) is 12.1 Å². The average Bonchev–Trinajstić information content (AvgIpc) is 2.30. The molecule has 0 radical (unpaired) electrons. The summed E-state index contributed by atoms with van der Waals surface area (Å²) in [5.41, 5.74) is 2.32. The second-order valence-electron chi connectivity index (χ2n) is 3.09. The molecule has 0 aliphatic rings. The standard InChI is InChI=1S/C12H8N2O/c13-7-9-1-3-10(4-2-9)12-6-5-11(15)8-14-12/h1-6,8,15H. The Hall–Kier alpha value is -2.34. The number of aromatic nitrogens is 1. The lowest BCUT2D eigenvalue weighted by Crippen LogP contribution is -1.82. The van der Waals surface area contributed by atoms with Gasteiger partial charge in [0.2, 0.25) is 0 Å². The van der Waals surface area contributed by atoms with Crippen molar-refractivity contribution in [3.63, 3.8) is 0 Å². The van der Waals surface area contributed by atoms with Crippen LogP contribution in [0.15, 0.2) is 42.6 Å². The summed E-state index contributed by atoms with van der Waals surface area (Å²) in [5, 5.41) is 17.7. The van der Waals surface area contributed by atoms with Crippen LogP contribution in [0, 0.1) is 11.3 Å². The molecule has 72 valence electrons. The van der Waals surface area contributed by atoms with Crippen LogP contribution in [0.2, 0.25) is 0 Å². The molecule has 1 N–H and O–H groups in total. The van der Waals surface area contributed by atoms with E-state index < -0.39 is 0 Å². The predicted molar refractivity (Wildman–Crippen MR) is 56.1 cm³/mol. The average molecular weight is 196 g/mol. The summed E-state index contributed by atoms with van der Waals surface area (Å²) in [6.45, 7) is 0. The van der Waals surface area contributed by atoms with Crippen molar-refractivity contribution < 1.29 is 5.11 Å². The van der Waals surface area contributed by atoms with Gasteiger partial charge in [-0.05, 0) is 24.3 Å². The number of pyridine rings is 1. The Morgan fingerprint density at radius 2 is 1.80 bits per heavy atom. The lowest BCUT2D eigenvalue weighted by molar-refractivity contribution is 0.473. The van der Waals surface area contributed by atoms with Crippen LogP contribution in [-0.2, 0) is 0 Å². The van der Waals surface area contributed by atoms with Crippen LogP contribution in [0.1, 0.15) is 5.56 Å². The van der Waals surface area contributed by atoms with Crippen molar-refractivity contribution in [3.05, 3.63) is 48.2 Å². The smallest absolute Gasteiger partial charge is 0.133 e. The van der Waals surface area contributed by atoms with Crippen molar-refractivity contribution >= 4 is 0 Å². The lowest BCUT2D eigenvalue weighted by Gasteiger charge is -2.00. The van der Waals surface area contributed by atoms with E-state index in [0.717, 1.165) is 11.3 Å². The van der Waals surface area contributed by atoms with Crippen LogP contribution in [-0.4, -0.2) is 10.1 Å². The zero-order valence-corrected chi connectivity index (χ0v) is 7.88. The van der Waals surface area contributed by atoms with Crippen LogP contribution in [0.3, 0.4) is 0 Å². The van der Waals surface area contributed by atoms with Gasteiger partial charge in [0, 0.05) is 5.56 Å². The Bertz CT molecular complexity index is 495. The Morgan fingerprint density at radius 1 is 1.07 bits per heavy atom. The third-order valence-corrected chi connectivity index (χ3v) is 2.06. The van der Waals surface area contributed by atoms with Gasteiger partial charge in [-0.3, -0.25) is 4.98 Å². The van der Waals surface area contributed by atoms with E-state index in [2.05, 4.69) is 11.1 Å². The number of hydrogen-bond donors (Lipinski definition) is 1. The molecular weight excluding hydrogens is 188 g/mol. The molecule has 0 atom stereocenters. The van der Waals surface area contributed by atoms with Gasteiger partial charge in [0.15, 0.2) is 0 Å². The van der Waals surface area contributed by atoms with Crippen molar-refractivity contribution in [2.24, 2.45) is 0 Å². The van der Waals surface area contributed by atoms with Gasteiger partial charge >= 0.3 is 0 Å². The Kier molecular flexibility index (Phi) is 2.34. The molecule has 1 heterocycles. The molecule has 2 rings (SSSR count). The highest BCUT2D eigenvalue weighted by atomic mass is 16.3. The molecule has 15 heavy (non-hydrogen) atoms. The van der Waals surface area contributed by atoms with Crippen molar-refractivity contribution in [2.45, 2.75) is 0 Å². The van der Waals surface area contributed by atoms with Crippen molar-refractivity contribution in [2.75, 3.05) is 0 Å². The van der Waals surface area contributed by atoms with Crippen molar-refractivity contribution in [1.82, 2.24) is 4.98 Å². The van der Waals surface area contributed by atoms with Gasteiger partial charge < -0.3 is 5.11 Å². The minimum atomic E-state index is 0.146. The zero-order chi connectivity index (χ0) is 10.7. The maximum absolute atomic E-state index is 9.08. The Labute approximate surface area is 87.3 Å². The van der Waals surface area contributed by atoms with E-state index in [9.17, 15) is 0 Å². The molecule has 0 fully saturated rings. The molecule has 0 saturated heterocycles. The second-order valence-corrected chi connectivity index (χ2v) is 3.09. The topological polar surface area (TPSA) is 56.9 Å². The van der Waals surface area contributed by atoms with Crippen molar-refractivity contribution in [1.29, 1.82) is 5.26 Å². The van der Waals surface area contributed by atoms with Crippen LogP contribution in [0.5, 0.6) is 5.75 Å². The van der Waals surface area contributed by atoms with Gasteiger partial charge in [-0.25, -0.2) is 0 Å². The first-order valence-electron chi connectivity index (χ1n) is 4.45. The molecule has 0 aliphatic heterocycles. The molecule has 1 aromatic heterocycles. The van der Waals surface area contributed by atoms with Gasteiger partial charge in [0.25, 0.3) is 0 Å². The third kappa shape index (κ3) is 1.94. The van der Waals surface area contributed by atoms with E-state index in [4.69, 9.17) is 10.4 Å². The number of rotatable bonds is 1. The summed E-state index contributed by atoms with van der Waals surface area (Å²) >= 11 is 0. The van der Waals surface area contributed by atoms with E-state index in [1.807, 2.05) is 12.1 Å². The fourth-order valence-corrected chi connectivity index (χ4v) is 1.27. The number of aromatic hydroxyl groups is 1. The lowest BCUT2D eigenvalue weighted by atomic mass is 10.1. The molecule has 0 spiro atoms. The molecule has 0 aliphatic carbocycles. The van der Waals surface area contributed by atoms with E-state index in [1.54, 1.807) is 24.3 Å². The fraction of sp³-hybridized carbons (Fsp3) is 0. The monoisotopic (exact) mass is 196 g/mol. The maximum atomic E-state index is 9.08. The van der Waals surface area contributed by atoms with E-state index in [0.29, 0.717) is 5.56 Å².